The van der Waals surface area contributed by atoms with Crippen LogP contribution in [-0.2, 0) is 17.5 Å². The number of hydrogen-bond acceptors (Lipinski definition) is 4. The molecule has 0 aliphatic heterocycles. The fraction of sp³-hybridized carbons (Fsp3) is 0.160. The quantitative estimate of drug-likeness (QED) is 0.250. The van der Waals surface area contributed by atoms with E-state index in [1.54, 1.807) is 25.1 Å². The molecule has 2 amide bonds. The van der Waals surface area contributed by atoms with Gasteiger partial charge in [-0.2, -0.15) is 13.2 Å². The van der Waals surface area contributed by atoms with E-state index >= 15 is 0 Å². The van der Waals surface area contributed by atoms with Gasteiger partial charge < -0.3 is 20.4 Å². The lowest BCUT2D eigenvalue weighted by molar-refractivity contribution is -0.137. The molecule has 0 bridgehead atoms. The molecular weight excluding hydrogens is 532 g/mol. The summed E-state index contributed by atoms with van der Waals surface area (Å²) in [5.74, 6) is -1.10. The van der Waals surface area contributed by atoms with Gasteiger partial charge in [-0.05, 0) is 48.9 Å². The van der Waals surface area contributed by atoms with Crippen molar-refractivity contribution in [2.24, 2.45) is 0 Å². The van der Waals surface area contributed by atoms with Crippen LogP contribution in [0, 0.1) is 6.92 Å². The Hall–Kier alpha value is -3.60. The molecule has 0 unspecified atom stereocenters. The highest BCUT2D eigenvalue weighted by Crippen LogP contribution is 2.33. The number of alkyl halides is 3. The Morgan fingerprint density at radius 2 is 1.73 bits per heavy atom. The molecule has 0 saturated carbocycles. The number of halogens is 5. The summed E-state index contributed by atoms with van der Waals surface area (Å²) in [5, 5.41) is 5.70. The third-order valence-corrected chi connectivity index (χ3v) is 5.82. The van der Waals surface area contributed by atoms with Gasteiger partial charge in [0.1, 0.15) is 17.9 Å². The fourth-order valence-corrected chi connectivity index (χ4v) is 3.85. The van der Waals surface area contributed by atoms with Gasteiger partial charge in [-0.1, -0.05) is 29.8 Å². The number of H-pyrrole nitrogens is 1. The minimum absolute atomic E-state index is 0. The van der Waals surface area contributed by atoms with Gasteiger partial charge >= 0.3 is 6.18 Å². The number of methoxy groups -OCH3 is 1. The highest BCUT2D eigenvalue weighted by Gasteiger charge is 2.35. The van der Waals surface area contributed by atoms with E-state index in [4.69, 9.17) is 16.3 Å². The maximum Gasteiger partial charge on any atom is 0.417 e. The third kappa shape index (κ3) is 6.04. The average molecular weight is 553 g/mol. The summed E-state index contributed by atoms with van der Waals surface area (Å²) < 4.78 is 45.3. The number of nitrogens with one attached hydrogen (secondary N) is 3. The van der Waals surface area contributed by atoms with Crippen molar-refractivity contribution in [3.05, 3.63) is 87.7 Å². The predicted octanol–water partition coefficient (Wildman–Crippen LogP) is 6.62. The van der Waals surface area contributed by atoms with Crippen LogP contribution >= 0.6 is 24.0 Å². The Morgan fingerprint density at radius 1 is 1.03 bits per heavy atom. The van der Waals surface area contributed by atoms with Crippen LogP contribution in [0.15, 0.2) is 54.6 Å². The highest BCUT2D eigenvalue weighted by atomic mass is 35.5. The number of aromatic nitrogens is 2. The molecule has 0 saturated heterocycles. The maximum absolute atomic E-state index is 13.4. The minimum atomic E-state index is -4.71. The molecular formula is C25H21Cl2F3N4O3. The molecule has 3 N–H and O–H groups in total. The molecule has 194 valence electrons. The first-order chi connectivity index (χ1) is 17.1. The molecule has 1 heterocycles. The largest absolute Gasteiger partial charge is 0.417 e. The van der Waals surface area contributed by atoms with Crippen LogP contribution in [0.25, 0.3) is 11.0 Å². The van der Waals surface area contributed by atoms with Crippen molar-refractivity contribution < 1.29 is 27.5 Å². The second-order valence-electron chi connectivity index (χ2n) is 7.90. The van der Waals surface area contributed by atoms with Crippen molar-refractivity contribution in [2.75, 3.05) is 17.7 Å². The first-order valence-electron chi connectivity index (χ1n) is 10.6. The van der Waals surface area contributed by atoms with Gasteiger partial charge in [0.15, 0.2) is 0 Å². The van der Waals surface area contributed by atoms with E-state index in [1.807, 2.05) is 0 Å². The summed E-state index contributed by atoms with van der Waals surface area (Å²) in [6.45, 7) is 1.87. The number of anilines is 2. The molecule has 3 aromatic carbocycles. The smallest absolute Gasteiger partial charge is 0.377 e. The van der Waals surface area contributed by atoms with E-state index in [0.29, 0.717) is 33.1 Å². The number of fused-ring (bicyclic) bond motifs is 1. The van der Waals surface area contributed by atoms with E-state index in [9.17, 15) is 22.8 Å². The van der Waals surface area contributed by atoms with Gasteiger partial charge in [-0.15, -0.1) is 12.4 Å². The molecule has 0 aliphatic carbocycles. The number of carbonyl (C=O) groups is 2. The van der Waals surface area contributed by atoms with Crippen LogP contribution in [0.5, 0.6) is 0 Å². The Morgan fingerprint density at radius 3 is 2.43 bits per heavy atom. The lowest BCUT2D eigenvalue weighted by Gasteiger charge is -2.14. The van der Waals surface area contributed by atoms with Gasteiger partial charge in [0.2, 0.25) is 0 Å². The monoisotopic (exact) mass is 552 g/mol. The first-order valence-corrected chi connectivity index (χ1v) is 11.0. The van der Waals surface area contributed by atoms with Crippen LogP contribution in [0.4, 0.5) is 24.5 Å². The minimum Gasteiger partial charge on any atom is -0.377 e. The Labute approximate surface area is 220 Å². The molecule has 0 atom stereocenters. The number of imidazole rings is 1. The van der Waals surface area contributed by atoms with E-state index in [0.717, 1.165) is 12.1 Å². The van der Waals surface area contributed by atoms with Crippen molar-refractivity contribution in [2.45, 2.75) is 19.7 Å². The molecule has 12 heteroatoms. The molecule has 7 nitrogen and oxygen atoms in total. The molecule has 1 aromatic heterocycles. The summed E-state index contributed by atoms with van der Waals surface area (Å²) in [5.41, 5.74) is 0.387. The van der Waals surface area contributed by atoms with Crippen LogP contribution in [0.3, 0.4) is 0 Å². The molecule has 4 rings (SSSR count). The summed E-state index contributed by atoms with van der Waals surface area (Å²) in [4.78, 5) is 33.5. The normalized spacial score (nSPS) is 11.2. The van der Waals surface area contributed by atoms with Crippen LogP contribution in [0.2, 0.25) is 5.02 Å². The van der Waals surface area contributed by atoms with E-state index in [1.165, 1.54) is 31.4 Å². The second-order valence-corrected chi connectivity index (χ2v) is 8.31. The van der Waals surface area contributed by atoms with Crippen LogP contribution in [0.1, 0.15) is 37.7 Å². The zero-order chi connectivity index (χ0) is 26.0. The average Bonchev–Trinajstić information content (AvgIpc) is 3.23. The van der Waals surface area contributed by atoms with Crippen molar-refractivity contribution in [1.29, 1.82) is 0 Å². The van der Waals surface area contributed by atoms with Gasteiger partial charge in [-0.25, -0.2) is 4.98 Å². The topological polar surface area (TPSA) is 96.1 Å². The highest BCUT2D eigenvalue weighted by molar-refractivity contribution is 6.31. The van der Waals surface area contributed by atoms with Crippen LogP contribution in [-0.4, -0.2) is 28.9 Å². The number of benzene rings is 3. The van der Waals surface area contributed by atoms with E-state index < -0.39 is 29.1 Å². The number of ether oxygens (including phenoxy) is 1. The molecule has 0 radical (unpaired) electrons. The Balaban J connectivity index is 0.00000380. The number of amides is 2. The van der Waals surface area contributed by atoms with Gasteiger partial charge in [0.25, 0.3) is 11.8 Å². The Kier molecular flexibility index (Phi) is 8.47. The first kappa shape index (κ1) is 28.0. The zero-order valence-corrected chi connectivity index (χ0v) is 21.1. The summed E-state index contributed by atoms with van der Waals surface area (Å²) >= 11 is 6.15. The predicted molar refractivity (Wildman–Crippen MR) is 138 cm³/mol. The van der Waals surface area contributed by atoms with Gasteiger partial charge in [0, 0.05) is 23.5 Å². The lowest BCUT2D eigenvalue weighted by Crippen LogP contribution is -2.19. The third-order valence-electron chi connectivity index (χ3n) is 5.41. The van der Waals surface area contributed by atoms with Gasteiger partial charge in [-0.3, -0.25) is 9.59 Å². The van der Waals surface area contributed by atoms with Gasteiger partial charge in [0.05, 0.1) is 22.2 Å². The summed E-state index contributed by atoms with van der Waals surface area (Å²) in [6, 6.07) is 12.3. The van der Waals surface area contributed by atoms with Crippen molar-refractivity contribution in [3.8, 4) is 0 Å². The summed E-state index contributed by atoms with van der Waals surface area (Å²) in [7, 11) is 1.48. The number of aromatic amines is 1. The van der Waals surface area contributed by atoms with E-state index in [2.05, 4.69) is 20.6 Å². The number of hydrogen-bond donors (Lipinski definition) is 3. The van der Waals surface area contributed by atoms with Crippen molar-refractivity contribution in [1.82, 2.24) is 9.97 Å². The van der Waals surface area contributed by atoms with Crippen molar-refractivity contribution >= 4 is 58.2 Å². The standard InChI is InChI=1S/C25H20ClF3N4O3.ClH/c1-13-18(26)8-5-9-19(13)32-24(35)16-10-14(11-20-22(16)33-21(31-20)12-36-2)30-23(34)15-6-3-4-7-17(15)25(27,28)29;/h3-11H,12H2,1-2H3,(H,30,34)(H,31,33)(H,32,35);1H. The Bertz CT molecular complexity index is 1470. The SMILES string of the molecule is COCc1nc2c(C(=O)Nc3cccc(Cl)c3C)cc(NC(=O)c3ccccc3C(F)(F)F)cc2[nH]1.Cl. The number of rotatable bonds is 6. The second kappa shape index (κ2) is 11.2. The fourth-order valence-electron chi connectivity index (χ4n) is 3.68. The lowest BCUT2D eigenvalue weighted by atomic mass is 10.1. The van der Waals surface area contributed by atoms with Crippen molar-refractivity contribution in [3.63, 3.8) is 0 Å². The zero-order valence-electron chi connectivity index (χ0n) is 19.5. The maximum atomic E-state index is 13.4. The molecule has 0 aliphatic rings. The molecule has 0 spiro atoms. The van der Waals surface area contributed by atoms with Crippen LogP contribution < -0.4 is 10.6 Å². The molecule has 37 heavy (non-hydrogen) atoms. The molecule has 4 aromatic rings. The number of carbonyl (C=O) groups excluding carboxylic acids is 2. The summed E-state index contributed by atoms with van der Waals surface area (Å²) in [6.07, 6.45) is -4.71. The van der Waals surface area contributed by atoms with E-state index in [-0.39, 0.29) is 30.3 Å². The number of nitrogens with zero attached hydrogens (tertiary/aromatic N) is 1. The molecule has 0 fully saturated rings.